The van der Waals surface area contributed by atoms with Crippen LogP contribution in [0.1, 0.15) is 11.1 Å². The Morgan fingerprint density at radius 2 is 1.81 bits per heavy atom. The molecule has 2 nitrogen and oxygen atoms in total. The number of hydrogen-bond donors (Lipinski definition) is 0. The topological polar surface area (TPSA) is 12.5 Å². The molecule has 1 heterocycles. The quantitative estimate of drug-likeness (QED) is 0.853. The van der Waals surface area contributed by atoms with Gasteiger partial charge in [0.1, 0.15) is 23.5 Å². The van der Waals surface area contributed by atoms with Crippen molar-refractivity contribution < 1.29 is 13.5 Å². The van der Waals surface area contributed by atoms with Gasteiger partial charge in [-0.1, -0.05) is 12.1 Å². The van der Waals surface area contributed by atoms with Crippen LogP contribution in [0.3, 0.4) is 0 Å². The average molecular weight is 289 g/mol. The first kappa shape index (κ1) is 14.0. The van der Waals surface area contributed by atoms with E-state index in [0.717, 1.165) is 25.2 Å². The predicted molar refractivity (Wildman–Crippen MR) is 77.2 cm³/mol. The van der Waals surface area contributed by atoms with Crippen LogP contribution >= 0.6 is 0 Å². The molecule has 0 aliphatic carbocycles. The second-order valence-corrected chi connectivity index (χ2v) is 5.47. The van der Waals surface area contributed by atoms with Crippen LogP contribution in [0.2, 0.25) is 0 Å². The number of halogens is 2. The van der Waals surface area contributed by atoms with E-state index in [9.17, 15) is 8.78 Å². The third-order valence-corrected chi connectivity index (χ3v) is 3.68. The van der Waals surface area contributed by atoms with Gasteiger partial charge in [0.05, 0.1) is 0 Å². The fourth-order valence-electron chi connectivity index (χ4n) is 2.46. The molecule has 1 saturated heterocycles. The largest absolute Gasteiger partial charge is 0.488 e. The van der Waals surface area contributed by atoms with Gasteiger partial charge < -0.3 is 4.74 Å². The maximum Gasteiger partial charge on any atom is 0.126 e. The van der Waals surface area contributed by atoms with Crippen molar-refractivity contribution in [3.63, 3.8) is 0 Å². The van der Waals surface area contributed by atoms with Crippen LogP contribution in [0.15, 0.2) is 42.5 Å². The molecule has 0 spiro atoms. The van der Waals surface area contributed by atoms with Crippen LogP contribution in [0.25, 0.3) is 0 Å². The van der Waals surface area contributed by atoms with Gasteiger partial charge in [0.2, 0.25) is 0 Å². The summed E-state index contributed by atoms with van der Waals surface area (Å²) in [5.74, 6) is 0.282. The van der Waals surface area contributed by atoms with Crippen LogP contribution < -0.4 is 4.74 Å². The first-order valence-electron chi connectivity index (χ1n) is 7.00. The van der Waals surface area contributed by atoms with E-state index in [2.05, 4.69) is 4.90 Å². The minimum Gasteiger partial charge on any atom is -0.488 e. The second-order valence-electron chi connectivity index (χ2n) is 5.47. The Labute approximate surface area is 123 Å². The van der Waals surface area contributed by atoms with Crippen molar-refractivity contribution in [1.29, 1.82) is 0 Å². The fourth-order valence-corrected chi connectivity index (χ4v) is 2.46. The van der Waals surface area contributed by atoms with Crippen LogP contribution in [-0.4, -0.2) is 24.1 Å². The Kier molecular flexibility index (Phi) is 3.88. The summed E-state index contributed by atoms with van der Waals surface area (Å²) in [6.07, 6.45) is 0.135. The highest BCUT2D eigenvalue weighted by Gasteiger charge is 2.28. The van der Waals surface area contributed by atoms with E-state index < -0.39 is 0 Å². The predicted octanol–water partition coefficient (Wildman–Crippen LogP) is 3.54. The Bertz CT molecular complexity index is 621. The number of aryl methyl sites for hydroxylation is 1. The zero-order valence-corrected chi connectivity index (χ0v) is 11.9. The van der Waals surface area contributed by atoms with Crippen LogP contribution in [-0.2, 0) is 6.54 Å². The number of likely N-dealkylation sites (tertiary alicyclic amines) is 1. The summed E-state index contributed by atoms with van der Waals surface area (Å²) < 4.78 is 31.8. The van der Waals surface area contributed by atoms with Gasteiger partial charge in [-0.05, 0) is 48.4 Å². The lowest BCUT2D eigenvalue weighted by atomic mass is 10.1. The Hall–Kier alpha value is -1.94. The minimum absolute atomic E-state index is 0.135. The number of benzene rings is 2. The molecule has 0 N–H and O–H groups in total. The molecule has 4 heteroatoms. The number of nitrogens with zero attached hydrogens (tertiary/aromatic N) is 1. The molecule has 3 rings (SSSR count). The molecule has 1 aliphatic heterocycles. The van der Waals surface area contributed by atoms with Gasteiger partial charge in [0.15, 0.2) is 0 Å². The monoisotopic (exact) mass is 289 g/mol. The molecule has 21 heavy (non-hydrogen) atoms. The van der Waals surface area contributed by atoms with Crippen molar-refractivity contribution in [2.24, 2.45) is 0 Å². The lowest BCUT2D eigenvalue weighted by molar-refractivity contribution is 0.0145. The standard InChI is InChI=1S/C17H17F2NO/c1-12-8-15(6-7-17(12)19)21-16-10-20(11-16)9-13-2-4-14(18)5-3-13/h2-8,16H,9-11H2,1H3. The molecule has 2 aromatic rings. The molecule has 0 saturated carbocycles. The van der Waals surface area contributed by atoms with Crippen LogP contribution in [0.4, 0.5) is 8.78 Å². The maximum absolute atomic E-state index is 13.2. The van der Waals surface area contributed by atoms with Gasteiger partial charge in [-0.25, -0.2) is 8.78 Å². The lowest BCUT2D eigenvalue weighted by Gasteiger charge is -2.39. The second kappa shape index (κ2) is 5.82. The molecule has 0 radical (unpaired) electrons. The first-order chi connectivity index (χ1) is 10.1. The van der Waals surface area contributed by atoms with E-state index in [-0.39, 0.29) is 17.7 Å². The highest BCUT2D eigenvalue weighted by atomic mass is 19.1. The molecule has 1 fully saturated rings. The Balaban J connectivity index is 1.49. The summed E-state index contributed by atoms with van der Waals surface area (Å²) in [6, 6.07) is 11.4. The van der Waals surface area contributed by atoms with Crippen molar-refractivity contribution in [1.82, 2.24) is 4.90 Å². The number of rotatable bonds is 4. The smallest absolute Gasteiger partial charge is 0.126 e. The summed E-state index contributed by atoms with van der Waals surface area (Å²) in [7, 11) is 0. The van der Waals surface area contributed by atoms with Crippen molar-refractivity contribution in [3.05, 3.63) is 65.2 Å². The first-order valence-corrected chi connectivity index (χ1v) is 7.00. The highest BCUT2D eigenvalue weighted by molar-refractivity contribution is 5.29. The van der Waals surface area contributed by atoms with E-state index in [1.807, 2.05) is 0 Å². The lowest BCUT2D eigenvalue weighted by Crippen LogP contribution is -2.53. The number of hydrogen-bond acceptors (Lipinski definition) is 2. The van der Waals surface area contributed by atoms with Crippen molar-refractivity contribution in [2.75, 3.05) is 13.1 Å². The molecule has 2 aromatic carbocycles. The van der Waals surface area contributed by atoms with Crippen molar-refractivity contribution in [2.45, 2.75) is 19.6 Å². The third-order valence-electron chi connectivity index (χ3n) is 3.68. The molecule has 0 amide bonds. The van der Waals surface area contributed by atoms with Gasteiger partial charge >= 0.3 is 0 Å². The summed E-state index contributed by atoms with van der Waals surface area (Å²) >= 11 is 0. The minimum atomic E-state index is -0.214. The average Bonchev–Trinajstić information content (AvgIpc) is 2.42. The van der Waals surface area contributed by atoms with E-state index in [1.165, 1.54) is 18.2 Å². The van der Waals surface area contributed by atoms with Crippen LogP contribution in [0, 0.1) is 18.6 Å². The zero-order valence-electron chi connectivity index (χ0n) is 11.9. The molecule has 0 unspecified atom stereocenters. The van der Waals surface area contributed by atoms with E-state index >= 15 is 0 Å². The molecule has 0 atom stereocenters. The van der Waals surface area contributed by atoms with E-state index in [1.54, 1.807) is 31.2 Å². The highest BCUT2D eigenvalue weighted by Crippen LogP contribution is 2.22. The summed E-state index contributed by atoms with van der Waals surface area (Å²) in [5, 5.41) is 0. The molecule has 1 aliphatic rings. The third kappa shape index (κ3) is 3.39. The number of ether oxygens (including phenoxy) is 1. The maximum atomic E-state index is 13.2. The summed E-state index contributed by atoms with van der Waals surface area (Å²) in [5.41, 5.74) is 1.68. The Morgan fingerprint density at radius 3 is 2.48 bits per heavy atom. The fraction of sp³-hybridized carbons (Fsp3) is 0.294. The zero-order chi connectivity index (χ0) is 14.8. The van der Waals surface area contributed by atoms with E-state index in [4.69, 9.17) is 4.74 Å². The van der Waals surface area contributed by atoms with Gasteiger partial charge in [0, 0.05) is 19.6 Å². The van der Waals surface area contributed by atoms with Gasteiger partial charge in [-0.3, -0.25) is 4.90 Å². The molecular formula is C17H17F2NO. The van der Waals surface area contributed by atoms with Crippen molar-refractivity contribution in [3.8, 4) is 5.75 Å². The Morgan fingerprint density at radius 1 is 1.10 bits per heavy atom. The van der Waals surface area contributed by atoms with E-state index in [0.29, 0.717) is 11.3 Å². The van der Waals surface area contributed by atoms with Crippen LogP contribution in [0.5, 0.6) is 5.75 Å². The normalized spacial score (nSPS) is 15.8. The van der Waals surface area contributed by atoms with Gasteiger partial charge in [-0.15, -0.1) is 0 Å². The van der Waals surface area contributed by atoms with Crippen molar-refractivity contribution >= 4 is 0 Å². The SMILES string of the molecule is Cc1cc(OC2CN(Cc3ccc(F)cc3)C2)ccc1F. The molecule has 0 aromatic heterocycles. The van der Waals surface area contributed by atoms with Gasteiger partial charge in [-0.2, -0.15) is 0 Å². The summed E-state index contributed by atoms with van der Waals surface area (Å²) in [4.78, 5) is 2.23. The molecule has 0 bridgehead atoms. The molecule has 110 valence electrons. The molecular weight excluding hydrogens is 272 g/mol. The van der Waals surface area contributed by atoms with Gasteiger partial charge in [0.25, 0.3) is 0 Å². The summed E-state index contributed by atoms with van der Waals surface area (Å²) in [6.45, 7) is 4.17.